The van der Waals surface area contributed by atoms with Crippen molar-refractivity contribution in [1.82, 2.24) is 9.47 Å². The number of carbonyl (C=O) groups is 1. The fourth-order valence-electron chi connectivity index (χ4n) is 4.42. The van der Waals surface area contributed by atoms with Crippen molar-refractivity contribution in [2.75, 3.05) is 18.0 Å². The lowest BCUT2D eigenvalue weighted by Gasteiger charge is -2.33. The van der Waals surface area contributed by atoms with Crippen LogP contribution in [0.4, 0.5) is 10.2 Å². The normalized spacial score (nSPS) is 17.5. The van der Waals surface area contributed by atoms with Crippen LogP contribution in [0.2, 0.25) is 0 Å². The van der Waals surface area contributed by atoms with E-state index in [0.29, 0.717) is 26.9 Å². The molecule has 2 saturated heterocycles. The molecule has 176 valence electrons. The predicted molar refractivity (Wildman–Crippen MR) is 137 cm³/mol. The van der Waals surface area contributed by atoms with E-state index < -0.39 is 0 Å². The standard InChI is InChI=1S/C25H25FN4O2S2/c1-3-29-22(28-11-5-4-6-12-28)19(16(2)20(14-27)23(29)31)13-21-24(32)30(25(33)34-21)15-17-7-9-18(26)10-8-17/h7-10,13H,3-6,11-12,15H2,1-2H3/b21-13-. The van der Waals surface area contributed by atoms with Crippen molar-refractivity contribution in [2.24, 2.45) is 0 Å². The Morgan fingerprint density at radius 1 is 1.18 bits per heavy atom. The molecule has 1 aromatic carbocycles. The van der Waals surface area contributed by atoms with Crippen LogP contribution in [0.1, 0.15) is 48.4 Å². The van der Waals surface area contributed by atoms with Crippen LogP contribution in [0, 0.1) is 24.1 Å². The number of benzene rings is 1. The molecule has 0 N–H and O–H groups in total. The van der Waals surface area contributed by atoms with Gasteiger partial charge in [0.05, 0.1) is 11.4 Å². The van der Waals surface area contributed by atoms with Gasteiger partial charge in [0.15, 0.2) is 0 Å². The van der Waals surface area contributed by atoms with Crippen molar-refractivity contribution in [1.29, 1.82) is 5.26 Å². The summed E-state index contributed by atoms with van der Waals surface area (Å²) in [7, 11) is 0. The predicted octanol–water partition coefficient (Wildman–Crippen LogP) is 4.58. The number of rotatable bonds is 5. The third-order valence-corrected chi connectivity index (χ3v) is 7.60. The minimum atomic E-state index is -0.339. The molecule has 4 rings (SSSR count). The summed E-state index contributed by atoms with van der Waals surface area (Å²) < 4.78 is 15.3. The molecular formula is C25H25FN4O2S2. The van der Waals surface area contributed by atoms with E-state index in [9.17, 15) is 19.2 Å². The van der Waals surface area contributed by atoms with E-state index in [2.05, 4.69) is 11.0 Å². The summed E-state index contributed by atoms with van der Waals surface area (Å²) in [6, 6.07) is 8.03. The van der Waals surface area contributed by atoms with Crippen LogP contribution in [0.3, 0.4) is 0 Å². The van der Waals surface area contributed by atoms with Gasteiger partial charge in [0, 0.05) is 25.2 Å². The monoisotopic (exact) mass is 496 g/mol. The summed E-state index contributed by atoms with van der Waals surface area (Å²) in [5.74, 6) is 0.178. The third kappa shape index (κ3) is 4.52. The van der Waals surface area contributed by atoms with Gasteiger partial charge in [0.25, 0.3) is 11.5 Å². The van der Waals surface area contributed by atoms with Gasteiger partial charge in [-0.05, 0) is 62.4 Å². The molecule has 0 atom stereocenters. The van der Waals surface area contributed by atoms with E-state index in [4.69, 9.17) is 12.2 Å². The van der Waals surface area contributed by atoms with E-state index in [0.717, 1.165) is 43.7 Å². The molecule has 1 aromatic heterocycles. The molecule has 0 aliphatic carbocycles. The smallest absolute Gasteiger partial charge is 0.270 e. The highest BCUT2D eigenvalue weighted by Gasteiger charge is 2.33. The van der Waals surface area contributed by atoms with Gasteiger partial charge in [-0.15, -0.1) is 0 Å². The number of pyridine rings is 1. The average Bonchev–Trinajstić information content (AvgIpc) is 3.10. The molecule has 2 aliphatic rings. The van der Waals surface area contributed by atoms with Gasteiger partial charge in [0.1, 0.15) is 27.6 Å². The molecule has 9 heteroatoms. The lowest BCUT2D eigenvalue weighted by atomic mass is 10.0. The lowest BCUT2D eigenvalue weighted by Crippen LogP contribution is -2.37. The van der Waals surface area contributed by atoms with E-state index in [1.54, 1.807) is 29.7 Å². The summed E-state index contributed by atoms with van der Waals surface area (Å²) in [4.78, 5) is 30.5. The molecular weight excluding hydrogens is 471 g/mol. The first-order valence-corrected chi connectivity index (χ1v) is 12.5. The van der Waals surface area contributed by atoms with Crippen LogP contribution >= 0.6 is 24.0 Å². The largest absolute Gasteiger partial charge is 0.357 e. The molecule has 2 aliphatic heterocycles. The number of aromatic nitrogens is 1. The van der Waals surface area contributed by atoms with E-state index in [1.807, 2.05) is 6.92 Å². The fraction of sp³-hybridized carbons (Fsp3) is 0.360. The Balaban J connectivity index is 1.79. The summed E-state index contributed by atoms with van der Waals surface area (Å²) >= 11 is 6.68. The van der Waals surface area contributed by atoms with Gasteiger partial charge in [0.2, 0.25) is 0 Å². The zero-order valence-corrected chi connectivity index (χ0v) is 20.8. The molecule has 2 fully saturated rings. The first-order chi connectivity index (χ1) is 16.3. The van der Waals surface area contributed by atoms with Gasteiger partial charge in [-0.2, -0.15) is 5.26 Å². The maximum absolute atomic E-state index is 13.3. The number of hydrogen-bond donors (Lipinski definition) is 0. The summed E-state index contributed by atoms with van der Waals surface area (Å²) in [5.41, 5.74) is 1.85. The molecule has 0 saturated carbocycles. The Labute approximate surface area is 207 Å². The number of piperidine rings is 1. The average molecular weight is 497 g/mol. The number of nitrogens with zero attached hydrogens (tertiary/aromatic N) is 4. The Bertz CT molecular complexity index is 1270. The van der Waals surface area contributed by atoms with Crippen LogP contribution in [-0.2, 0) is 17.9 Å². The van der Waals surface area contributed by atoms with Gasteiger partial charge < -0.3 is 4.90 Å². The van der Waals surface area contributed by atoms with Crippen LogP contribution in [-0.4, -0.2) is 32.8 Å². The van der Waals surface area contributed by atoms with Crippen LogP contribution < -0.4 is 10.5 Å². The van der Waals surface area contributed by atoms with Gasteiger partial charge in [-0.3, -0.25) is 19.1 Å². The fourth-order valence-corrected chi connectivity index (χ4v) is 5.66. The second-order valence-electron chi connectivity index (χ2n) is 8.34. The molecule has 0 spiro atoms. The highest BCUT2D eigenvalue weighted by Crippen LogP contribution is 2.37. The van der Waals surface area contributed by atoms with E-state index >= 15 is 0 Å². The number of thiocarbonyl (C=S) groups is 1. The second kappa shape index (κ2) is 10.1. The molecule has 2 aromatic rings. The zero-order valence-electron chi connectivity index (χ0n) is 19.1. The number of amides is 1. The minimum absolute atomic E-state index is 0.0932. The van der Waals surface area contributed by atoms with Crippen LogP contribution in [0.25, 0.3) is 6.08 Å². The quantitative estimate of drug-likeness (QED) is 0.446. The van der Waals surface area contributed by atoms with Crippen molar-refractivity contribution >= 4 is 46.1 Å². The maximum atomic E-state index is 13.3. The van der Waals surface area contributed by atoms with Crippen molar-refractivity contribution < 1.29 is 9.18 Å². The number of halogens is 1. The summed E-state index contributed by atoms with van der Waals surface area (Å²) in [6.45, 7) is 5.95. The zero-order chi connectivity index (χ0) is 24.4. The van der Waals surface area contributed by atoms with E-state index in [-0.39, 0.29) is 29.4 Å². The molecule has 0 bridgehead atoms. The number of hydrogen-bond acceptors (Lipinski definition) is 6. The Morgan fingerprint density at radius 2 is 1.85 bits per heavy atom. The first-order valence-electron chi connectivity index (χ1n) is 11.3. The van der Waals surface area contributed by atoms with Crippen molar-refractivity contribution in [3.63, 3.8) is 0 Å². The number of thioether (sulfide) groups is 1. The summed E-state index contributed by atoms with van der Waals surface area (Å²) in [6.07, 6.45) is 4.96. The summed E-state index contributed by atoms with van der Waals surface area (Å²) in [5, 5.41) is 9.70. The molecule has 34 heavy (non-hydrogen) atoms. The van der Waals surface area contributed by atoms with Crippen molar-refractivity contribution in [3.05, 3.63) is 67.6 Å². The van der Waals surface area contributed by atoms with Crippen molar-refractivity contribution in [2.45, 2.75) is 46.2 Å². The van der Waals surface area contributed by atoms with Crippen LogP contribution in [0.5, 0.6) is 0 Å². The second-order valence-corrected chi connectivity index (χ2v) is 10.0. The molecule has 3 heterocycles. The number of carbonyl (C=O) groups excluding carboxylic acids is 1. The topological polar surface area (TPSA) is 69.3 Å². The molecule has 6 nitrogen and oxygen atoms in total. The number of nitriles is 1. The first kappa shape index (κ1) is 24.2. The van der Waals surface area contributed by atoms with Gasteiger partial charge in [-0.1, -0.05) is 36.1 Å². The molecule has 0 unspecified atom stereocenters. The van der Waals surface area contributed by atoms with Crippen LogP contribution in [0.15, 0.2) is 34.0 Å². The van der Waals surface area contributed by atoms with Gasteiger partial charge in [-0.25, -0.2) is 4.39 Å². The Kier molecular flexibility index (Phi) is 7.19. The van der Waals surface area contributed by atoms with E-state index in [1.165, 1.54) is 28.8 Å². The van der Waals surface area contributed by atoms with Crippen molar-refractivity contribution in [3.8, 4) is 6.07 Å². The molecule has 0 radical (unpaired) electrons. The minimum Gasteiger partial charge on any atom is -0.357 e. The Morgan fingerprint density at radius 3 is 2.47 bits per heavy atom. The Hall–Kier alpha value is -2.96. The SMILES string of the molecule is CCn1c(N2CCCCC2)c(/C=C2\SC(=S)N(Cc3ccc(F)cc3)C2=O)c(C)c(C#N)c1=O. The maximum Gasteiger partial charge on any atom is 0.270 e. The molecule has 1 amide bonds. The number of anilines is 1. The van der Waals surface area contributed by atoms with Gasteiger partial charge >= 0.3 is 0 Å². The lowest BCUT2D eigenvalue weighted by molar-refractivity contribution is -0.122. The third-order valence-electron chi connectivity index (χ3n) is 6.22. The highest BCUT2D eigenvalue weighted by molar-refractivity contribution is 8.26. The highest BCUT2D eigenvalue weighted by atomic mass is 32.2.